The molecule has 0 aliphatic heterocycles. The number of nitrogens with two attached hydrogens (primary N) is 1. The first kappa shape index (κ1) is 12.2. The molecule has 0 aromatic heterocycles. The van der Waals surface area contributed by atoms with Gasteiger partial charge in [0.1, 0.15) is 12.4 Å². The number of hydrogen-bond donors (Lipinski definition) is 2. The predicted octanol–water partition coefficient (Wildman–Crippen LogP) is 1.03. The van der Waals surface area contributed by atoms with Gasteiger partial charge in [0.25, 0.3) is 0 Å². The summed E-state index contributed by atoms with van der Waals surface area (Å²) in [5.41, 5.74) is 6.20. The van der Waals surface area contributed by atoms with Crippen LogP contribution in [-0.4, -0.2) is 24.6 Å². The van der Waals surface area contributed by atoms with Gasteiger partial charge in [0.2, 0.25) is 0 Å². The number of ether oxygens (including phenoxy) is 1. The summed E-state index contributed by atoms with van der Waals surface area (Å²) in [5, 5.41) is 10.2. The second kappa shape index (κ2) is 4.56. The van der Waals surface area contributed by atoms with E-state index in [1.807, 2.05) is 0 Å². The van der Waals surface area contributed by atoms with E-state index >= 15 is 0 Å². The van der Waals surface area contributed by atoms with Crippen molar-refractivity contribution in [1.29, 1.82) is 0 Å². The topological polar surface area (TPSA) is 72.5 Å². The monoisotopic (exact) mass is 235 g/mol. The van der Waals surface area contributed by atoms with Crippen molar-refractivity contribution in [3.05, 3.63) is 35.4 Å². The molecule has 0 spiro atoms. The molecule has 2 atom stereocenters. The van der Waals surface area contributed by atoms with E-state index in [-0.39, 0.29) is 5.92 Å². The molecule has 92 valence electrons. The van der Waals surface area contributed by atoms with Crippen LogP contribution in [0, 0.1) is 5.92 Å². The summed E-state index contributed by atoms with van der Waals surface area (Å²) in [7, 11) is 1.49. The van der Waals surface area contributed by atoms with Gasteiger partial charge in [0.05, 0.1) is 0 Å². The van der Waals surface area contributed by atoms with Gasteiger partial charge in [0, 0.05) is 18.2 Å². The highest BCUT2D eigenvalue weighted by Gasteiger charge is 2.45. The minimum Gasteiger partial charge on any atom is -0.388 e. The minimum atomic E-state index is -1.19. The minimum absolute atomic E-state index is 0.214. The number of benzene rings is 1. The molecule has 0 unspecified atom stereocenters. The van der Waals surface area contributed by atoms with Crippen molar-refractivity contribution in [2.45, 2.75) is 24.7 Å². The van der Waals surface area contributed by atoms with Crippen LogP contribution in [0.25, 0.3) is 0 Å². The maximum absolute atomic E-state index is 10.6. The third kappa shape index (κ3) is 2.24. The Balaban J connectivity index is 2.28. The van der Waals surface area contributed by atoms with Crippen LogP contribution >= 0.6 is 0 Å². The highest BCUT2D eigenvalue weighted by atomic mass is 16.5. The van der Waals surface area contributed by atoms with Crippen molar-refractivity contribution in [2.24, 2.45) is 11.7 Å². The molecule has 0 bridgehead atoms. The second-order valence-electron chi connectivity index (χ2n) is 4.52. The van der Waals surface area contributed by atoms with Crippen molar-refractivity contribution >= 4 is 6.29 Å². The number of aldehydes is 1. The molecule has 4 nitrogen and oxygen atoms in total. The van der Waals surface area contributed by atoms with E-state index in [0.29, 0.717) is 11.1 Å². The van der Waals surface area contributed by atoms with E-state index < -0.39 is 11.8 Å². The molecule has 3 N–H and O–H groups in total. The van der Waals surface area contributed by atoms with Crippen LogP contribution < -0.4 is 5.73 Å². The van der Waals surface area contributed by atoms with Crippen LogP contribution in [0.2, 0.25) is 0 Å². The van der Waals surface area contributed by atoms with E-state index in [1.54, 1.807) is 24.3 Å². The van der Waals surface area contributed by atoms with E-state index in [2.05, 4.69) is 0 Å². The van der Waals surface area contributed by atoms with Gasteiger partial charge in [-0.2, -0.15) is 0 Å². The lowest BCUT2D eigenvalue weighted by molar-refractivity contribution is -0.113. The smallest absolute Gasteiger partial charge is 0.168 e. The van der Waals surface area contributed by atoms with Crippen LogP contribution in [0.4, 0.5) is 0 Å². The summed E-state index contributed by atoms with van der Waals surface area (Å²) in [6.45, 7) is 0. The zero-order valence-electron chi connectivity index (χ0n) is 9.80. The van der Waals surface area contributed by atoms with Crippen molar-refractivity contribution in [2.75, 3.05) is 7.11 Å². The summed E-state index contributed by atoms with van der Waals surface area (Å²) >= 11 is 0. The molecule has 1 saturated carbocycles. The number of aliphatic hydroxyl groups is 1. The van der Waals surface area contributed by atoms with E-state index in [1.165, 1.54) is 7.11 Å². The Morgan fingerprint density at radius 2 is 2.06 bits per heavy atom. The fraction of sp³-hybridized carbons (Fsp3) is 0.462. The van der Waals surface area contributed by atoms with Gasteiger partial charge in [-0.05, 0) is 18.8 Å². The second-order valence-corrected chi connectivity index (χ2v) is 4.52. The highest BCUT2D eigenvalue weighted by molar-refractivity contribution is 5.74. The zero-order chi connectivity index (χ0) is 12.5. The van der Waals surface area contributed by atoms with Gasteiger partial charge < -0.3 is 9.84 Å². The van der Waals surface area contributed by atoms with Gasteiger partial charge in [0.15, 0.2) is 5.72 Å². The Kier molecular flexibility index (Phi) is 3.28. The fourth-order valence-electron chi connectivity index (χ4n) is 1.99. The third-order valence-corrected chi connectivity index (χ3v) is 3.34. The number of carbonyl (C=O) groups is 1. The normalized spacial score (nSPS) is 20.6. The molecule has 0 saturated heterocycles. The van der Waals surface area contributed by atoms with E-state index in [0.717, 1.165) is 19.1 Å². The number of carbonyl (C=O) groups excluding carboxylic acids is 1. The van der Waals surface area contributed by atoms with Crippen molar-refractivity contribution in [1.82, 2.24) is 0 Å². The SMILES string of the molecule is CO[C@](N)(c1ccc(C=O)cc1)[C@H](O)C1CC1. The number of rotatable bonds is 5. The number of hydrogen-bond acceptors (Lipinski definition) is 4. The average molecular weight is 235 g/mol. The van der Waals surface area contributed by atoms with E-state index in [4.69, 9.17) is 10.5 Å². The van der Waals surface area contributed by atoms with Gasteiger partial charge in [-0.15, -0.1) is 0 Å². The van der Waals surface area contributed by atoms with Crippen molar-refractivity contribution in [3.8, 4) is 0 Å². The summed E-state index contributed by atoms with van der Waals surface area (Å²) in [4.78, 5) is 10.6. The third-order valence-electron chi connectivity index (χ3n) is 3.34. The quantitative estimate of drug-likeness (QED) is 0.590. The Morgan fingerprint density at radius 3 is 2.47 bits per heavy atom. The van der Waals surface area contributed by atoms with Crippen LogP contribution in [0.3, 0.4) is 0 Å². The Labute approximate surface area is 100 Å². The number of methoxy groups -OCH3 is 1. The predicted molar refractivity (Wildman–Crippen MR) is 63.4 cm³/mol. The maximum Gasteiger partial charge on any atom is 0.168 e. The molecule has 4 heteroatoms. The first-order chi connectivity index (χ1) is 8.11. The Bertz CT molecular complexity index is 400. The molecular weight excluding hydrogens is 218 g/mol. The summed E-state index contributed by atoms with van der Waals surface area (Å²) in [6.07, 6.45) is 2.02. The zero-order valence-corrected chi connectivity index (χ0v) is 9.80. The lowest BCUT2D eigenvalue weighted by Gasteiger charge is -2.33. The van der Waals surface area contributed by atoms with Crippen LogP contribution in [0.15, 0.2) is 24.3 Å². The largest absolute Gasteiger partial charge is 0.388 e. The fourth-order valence-corrected chi connectivity index (χ4v) is 1.99. The lowest BCUT2D eigenvalue weighted by Crippen LogP contribution is -2.50. The molecule has 1 aliphatic carbocycles. The van der Waals surface area contributed by atoms with Crippen LogP contribution in [-0.2, 0) is 10.5 Å². The molecule has 1 fully saturated rings. The van der Waals surface area contributed by atoms with Crippen LogP contribution in [0.5, 0.6) is 0 Å². The summed E-state index contributed by atoms with van der Waals surface area (Å²) in [6, 6.07) is 6.78. The molecule has 0 heterocycles. The van der Waals surface area contributed by atoms with Crippen molar-refractivity contribution in [3.63, 3.8) is 0 Å². The van der Waals surface area contributed by atoms with Gasteiger partial charge in [-0.25, -0.2) is 0 Å². The molecule has 17 heavy (non-hydrogen) atoms. The van der Waals surface area contributed by atoms with E-state index in [9.17, 15) is 9.90 Å². The molecular formula is C13H17NO3. The standard InChI is InChI=1S/C13H17NO3/c1-17-13(14,12(16)10-4-5-10)11-6-2-9(8-15)3-7-11/h2-3,6-8,10,12,16H,4-5,14H2,1H3/t12-,13-/m1/s1. The maximum atomic E-state index is 10.6. The lowest BCUT2D eigenvalue weighted by atomic mass is 9.94. The molecule has 0 amide bonds. The van der Waals surface area contributed by atoms with Gasteiger partial charge in [-0.1, -0.05) is 24.3 Å². The van der Waals surface area contributed by atoms with Gasteiger partial charge >= 0.3 is 0 Å². The Hall–Kier alpha value is -1.23. The first-order valence-electron chi connectivity index (χ1n) is 5.69. The molecule has 1 aliphatic rings. The number of aliphatic hydroxyl groups excluding tert-OH is 1. The Morgan fingerprint density at radius 1 is 1.47 bits per heavy atom. The summed E-state index contributed by atoms with van der Waals surface area (Å²) < 4.78 is 5.30. The highest BCUT2D eigenvalue weighted by Crippen LogP contribution is 2.40. The molecule has 2 rings (SSSR count). The summed E-state index contributed by atoms with van der Waals surface area (Å²) in [5.74, 6) is 0.214. The molecule has 0 radical (unpaired) electrons. The average Bonchev–Trinajstić information content (AvgIpc) is 3.21. The molecule has 1 aromatic carbocycles. The van der Waals surface area contributed by atoms with Crippen LogP contribution in [0.1, 0.15) is 28.8 Å². The van der Waals surface area contributed by atoms with Gasteiger partial charge in [-0.3, -0.25) is 10.5 Å². The molecule has 1 aromatic rings. The van der Waals surface area contributed by atoms with Crippen molar-refractivity contribution < 1.29 is 14.6 Å². The first-order valence-corrected chi connectivity index (χ1v) is 5.69.